The Morgan fingerprint density at radius 2 is 1.69 bits per heavy atom. The third kappa shape index (κ3) is 8.46. The minimum atomic E-state index is -2.13. The topological polar surface area (TPSA) is 256 Å². The zero-order valence-corrected chi connectivity index (χ0v) is 35.2. The fourth-order valence-electron chi connectivity index (χ4n) is 8.00. The number of cyclic esters (lactones) is 1. The van der Waals surface area contributed by atoms with Gasteiger partial charge in [-0.05, 0) is 30.7 Å². The molecule has 3 saturated heterocycles. The van der Waals surface area contributed by atoms with E-state index in [0.717, 1.165) is 14.9 Å². The Balaban J connectivity index is 1.49. The lowest BCUT2D eigenvalue weighted by molar-refractivity contribution is -0.179. The number of nitrogens with one attached hydrogen (secondary N) is 4. The summed E-state index contributed by atoms with van der Waals surface area (Å²) >= 11 is 19.3. The third-order valence-corrected chi connectivity index (χ3v) is 12.7. The maximum absolute atomic E-state index is 14.9. The zero-order chi connectivity index (χ0) is 43.5. The van der Waals surface area contributed by atoms with E-state index in [1.807, 2.05) is 0 Å². The second-order valence-corrected chi connectivity index (χ2v) is 18.4. The molecule has 9 atom stereocenters. The molecule has 59 heavy (non-hydrogen) atoms. The molecule has 0 bridgehead atoms. The number of carbonyl (C=O) groups is 7. The maximum atomic E-state index is 14.9. The van der Waals surface area contributed by atoms with Crippen LogP contribution in [0.4, 0.5) is 10.5 Å². The monoisotopic (exact) mass is 887 g/mol. The number of aliphatic carboxylic acids is 1. The molecule has 1 aromatic rings. The number of urea groups is 1. The Morgan fingerprint density at radius 1 is 1.02 bits per heavy atom. The number of hydrazine groups is 1. The van der Waals surface area contributed by atoms with Crippen LogP contribution in [0.15, 0.2) is 12.1 Å². The molecule has 22 heteroatoms. The number of alkyl halides is 1. The van der Waals surface area contributed by atoms with Crippen molar-refractivity contribution in [2.24, 2.45) is 10.8 Å². The second kappa shape index (κ2) is 16.4. The molecule has 0 spiro atoms. The van der Waals surface area contributed by atoms with E-state index < -0.39 is 125 Å². The van der Waals surface area contributed by atoms with Gasteiger partial charge in [0.25, 0.3) is 5.91 Å². The van der Waals surface area contributed by atoms with Crippen molar-refractivity contribution in [1.82, 2.24) is 30.9 Å². The summed E-state index contributed by atoms with van der Waals surface area (Å²) in [5, 5.41) is 45.3. The van der Waals surface area contributed by atoms with E-state index in [0.29, 0.717) is 12.8 Å². The van der Waals surface area contributed by atoms with Gasteiger partial charge < -0.3 is 51.0 Å². The number of nitrogens with zero attached hydrogens (tertiary/aromatic N) is 3. The average molecular weight is 889 g/mol. The highest BCUT2D eigenvalue weighted by Gasteiger charge is 2.63. The van der Waals surface area contributed by atoms with Crippen LogP contribution in [0, 0.1) is 10.8 Å². The smallest absolute Gasteiger partial charge is 0.337 e. The van der Waals surface area contributed by atoms with Crippen molar-refractivity contribution in [3.05, 3.63) is 27.7 Å². The largest absolute Gasteiger partial charge is 0.481 e. The van der Waals surface area contributed by atoms with Crippen molar-refractivity contribution in [3.63, 3.8) is 0 Å². The summed E-state index contributed by atoms with van der Waals surface area (Å²) in [6.07, 6.45) is -5.62. The number of halogens is 3. The van der Waals surface area contributed by atoms with Crippen LogP contribution < -0.4 is 21.3 Å². The first-order chi connectivity index (χ1) is 27.5. The number of methoxy groups -OCH3 is 1. The number of carboxylic acid groups (broad SMARTS) is 1. The molecule has 4 fully saturated rings. The Morgan fingerprint density at radius 3 is 2.31 bits per heavy atom. The van der Waals surface area contributed by atoms with Gasteiger partial charge in [0.15, 0.2) is 6.10 Å². The van der Waals surface area contributed by atoms with Crippen LogP contribution in [-0.2, 0) is 43.8 Å². The molecule has 0 aromatic heterocycles. The van der Waals surface area contributed by atoms with Crippen molar-refractivity contribution in [2.45, 2.75) is 113 Å². The number of aliphatic hydroxyl groups excluding tert-OH is 1. The summed E-state index contributed by atoms with van der Waals surface area (Å²) < 4.78 is 11.2. The average Bonchev–Trinajstić information content (AvgIpc) is 3.73. The second-order valence-electron chi connectivity index (χ2n) is 17.0. The van der Waals surface area contributed by atoms with Crippen molar-refractivity contribution in [3.8, 4) is 0 Å². The Kier molecular flexibility index (Phi) is 12.3. The SMILES string of the molecule is COC[C@@H]1NC(=O)N2CCC(Cl)CN2C(=O)[C@H](C(C)(C)C)OC(=O)[C@@H](C2(C)CC2)NC(=O)C2C[C@@]3(O)c4ccc(Cl)c(Cl)c4NC3N2C(=O)[C@@H](C(O)CC(=O)O)NC1=O. The van der Waals surface area contributed by atoms with Gasteiger partial charge >= 0.3 is 18.0 Å². The number of anilines is 1. The van der Waals surface area contributed by atoms with Gasteiger partial charge in [0.05, 0.1) is 46.8 Å². The Labute approximate surface area is 354 Å². The molecule has 324 valence electrons. The van der Waals surface area contributed by atoms with Crippen LogP contribution in [0.1, 0.15) is 65.4 Å². The highest BCUT2D eigenvalue weighted by atomic mass is 35.5. The first kappa shape index (κ1) is 44.4. The molecular formula is C37H48Cl3N7O12. The number of rotatable bonds is 6. The molecule has 4 aliphatic heterocycles. The van der Waals surface area contributed by atoms with E-state index in [1.165, 1.54) is 19.2 Å². The number of aliphatic hydroxyl groups is 2. The van der Waals surface area contributed by atoms with Crippen molar-refractivity contribution >= 4 is 82.1 Å². The summed E-state index contributed by atoms with van der Waals surface area (Å²) in [6.45, 7) is 5.85. The van der Waals surface area contributed by atoms with Gasteiger partial charge in [-0.1, -0.05) is 57.0 Å². The predicted molar refractivity (Wildman–Crippen MR) is 209 cm³/mol. The van der Waals surface area contributed by atoms with Crippen LogP contribution >= 0.6 is 34.8 Å². The van der Waals surface area contributed by atoms with Crippen molar-refractivity contribution < 1.29 is 58.4 Å². The minimum absolute atomic E-state index is 0.0167. The van der Waals surface area contributed by atoms with Crippen LogP contribution in [0.5, 0.6) is 0 Å². The number of hydrogen-bond acceptors (Lipinski definition) is 12. The predicted octanol–water partition coefficient (Wildman–Crippen LogP) is 0.892. The Hall–Kier alpha value is -4.14. The molecule has 4 unspecified atom stereocenters. The molecular weight excluding hydrogens is 841 g/mol. The molecule has 4 heterocycles. The number of hydrogen-bond donors (Lipinski definition) is 7. The van der Waals surface area contributed by atoms with E-state index >= 15 is 0 Å². The number of amides is 6. The molecule has 5 aliphatic rings. The van der Waals surface area contributed by atoms with Gasteiger partial charge in [-0.25, -0.2) is 19.6 Å². The molecule has 19 nitrogen and oxygen atoms in total. The van der Waals surface area contributed by atoms with E-state index in [-0.39, 0.29) is 40.8 Å². The summed E-state index contributed by atoms with van der Waals surface area (Å²) in [5.41, 5.74) is -3.72. The van der Waals surface area contributed by atoms with Crippen LogP contribution in [-0.4, -0.2) is 147 Å². The van der Waals surface area contributed by atoms with E-state index in [1.54, 1.807) is 27.7 Å². The molecule has 0 radical (unpaired) electrons. The first-order valence-electron chi connectivity index (χ1n) is 19.1. The number of benzene rings is 1. The van der Waals surface area contributed by atoms with E-state index in [9.17, 15) is 48.9 Å². The van der Waals surface area contributed by atoms with Crippen molar-refractivity contribution in [2.75, 3.05) is 32.1 Å². The van der Waals surface area contributed by atoms with E-state index in [4.69, 9.17) is 44.3 Å². The standard InChI is InChI=1S/C37H48Cl3N7O12/c1-35(2,3)27-31(54)46-14-16(38)8-11-45(46)34(56)41-19(15-58-5)28(51)42-25(21(48)12-22(49)50)30(53)47-20(29(52)44-26(32(55)59-27)36(4)9-10-36)13-37(57)17-6-7-18(39)23(40)24(17)43-33(37)47/h6-7,16,19-21,25-27,33,43,48,57H,8-15H2,1-5H3,(H,41,56)(H,42,51)(H,44,52)(H,49,50)/t16?,19-,20?,21?,25+,26-,27+,33?,37+/m0/s1. The van der Waals surface area contributed by atoms with Crippen LogP contribution in [0.2, 0.25) is 10.0 Å². The number of ether oxygens (including phenoxy) is 2. The molecule has 7 N–H and O–H groups in total. The maximum Gasteiger partial charge on any atom is 0.337 e. The van der Waals surface area contributed by atoms with Gasteiger partial charge in [0.2, 0.25) is 17.7 Å². The number of fused-ring (bicyclic) bond motifs is 6. The normalized spacial score (nSPS) is 31.9. The highest BCUT2D eigenvalue weighted by molar-refractivity contribution is 6.44. The summed E-state index contributed by atoms with van der Waals surface area (Å²) in [6, 6.07) is -4.89. The quantitative estimate of drug-likeness (QED) is 0.155. The minimum Gasteiger partial charge on any atom is -0.481 e. The van der Waals surface area contributed by atoms with Crippen molar-refractivity contribution in [1.29, 1.82) is 0 Å². The highest BCUT2D eigenvalue weighted by Crippen LogP contribution is 2.53. The molecule has 1 aliphatic carbocycles. The molecule has 6 rings (SSSR count). The molecule has 1 saturated carbocycles. The van der Waals surface area contributed by atoms with E-state index in [2.05, 4.69) is 21.3 Å². The zero-order valence-electron chi connectivity index (χ0n) is 32.9. The van der Waals surface area contributed by atoms with Gasteiger partial charge in [-0.3, -0.25) is 24.0 Å². The van der Waals surface area contributed by atoms with Gasteiger partial charge in [-0.15, -0.1) is 11.6 Å². The van der Waals surface area contributed by atoms with Crippen LogP contribution in [0.25, 0.3) is 0 Å². The lowest BCUT2D eigenvalue weighted by Gasteiger charge is -2.43. The molecule has 6 amide bonds. The fourth-order valence-corrected chi connectivity index (χ4v) is 8.60. The van der Waals surface area contributed by atoms with Crippen LogP contribution in [0.3, 0.4) is 0 Å². The lowest BCUT2D eigenvalue weighted by Crippen LogP contribution is -2.66. The lowest BCUT2D eigenvalue weighted by atomic mass is 9.87. The Bertz CT molecular complexity index is 1930. The third-order valence-electron chi connectivity index (χ3n) is 11.6. The number of carboxylic acids is 1. The molecule has 1 aromatic carbocycles. The van der Waals surface area contributed by atoms with Gasteiger partial charge in [0.1, 0.15) is 35.9 Å². The fraction of sp³-hybridized carbons (Fsp3) is 0.649. The number of carbonyl (C=O) groups excluding carboxylic acids is 6. The summed E-state index contributed by atoms with van der Waals surface area (Å²) in [7, 11) is 1.22. The van der Waals surface area contributed by atoms with Gasteiger partial charge in [0, 0.05) is 31.1 Å². The first-order valence-corrected chi connectivity index (χ1v) is 20.2. The summed E-state index contributed by atoms with van der Waals surface area (Å²) in [4.78, 5) is 99.1. The van der Waals surface area contributed by atoms with Gasteiger partial charge in [-0.2, -0.15) is 0 Å². The number of esters is 1. The summed E-state index contributed by atoms with van der Waals surface area (Å²) in [5.74, 6) is -6.63.